The molecule has 2 aliphatic heterocycles. The molecule has 0 radical (unpaired) electrons. The molecule has 4 rings (SSSR count). The van der Waals surface area contributed by atoms with Crippen molar-refractivity contribution in [2.24, 2.45) is 0 Å². The maximum atomic E-state index is 12.4. The van der Waals surface area contributed by atoms with Gasteiger partial charge in [0.1, 0.15) is 5.82 Å². The lowest BCUT2D eigenvalue weighted by molar-refractivity contribution is -0.138. The number of nitrogens with zero attached hydrogens (tertiary/aromatic N) is 4. The minimum absolute atomic E-state index is 0.0848. The minimum atomic E-state index is -0.224. The number of hydrogen-bond acceptors (Lipinski definition) is 5. The van der Waals surface area contributed by atoms with Crippen LogP contribution in [0, 0.1) is 6.92 Å². The summed E-state index contributed by atoms with van der Waals surface area (Å²) in [6.45, 7) is 2.96. The van der Waals surface area contributed by atoms with Gasteiger partial charge in [-0.05, 0) is 31.4 Å². The Balaban J connectivity index is 1.48. The largest absolute Gasteiger partial charge is 0.326 e. The topological polar surface area (TPSA) is 97.2 Å². The van der Waals surface area contributed by atoms with Gasteiger partial charge in [0.2, 0.25) is 17.7 Å². The van der Waals surface area contributed by atoms with E-state index in [4.69, 9.17) is 0 Å². The van der Waals surface area contributed by atoms with Crippen molar-refractivity contribution < 1.29 is 14.4 Å². The van der Waals surface area contributed by atoms with E-state index >= 15 is 0 Å². The zero-order chi connectivity index (χ0) is 20.4. The Bertz CT molecular complexity index is 949. The molecule has 8 heteroatoms. The Kier molecular flexibility index (Phi) is 5.42. The number of carbonyl (C=O) groups excluding carboxylic acids is 3. The van der Waals surface area contributed by atoms with Crippen LogP contribution in [0.1, 0.15) is 49.9 Å². The molecule has 2 aliphatic rings. The number of hydrogen-bond donors (Lipinski definition) is 1. The normalized spacial score (nSPS) is 16.7. The van der Waals surface area contributed by atoms with Crippen molar-refractivity contribution in [3.05, 3.63) is 29.6 Å². The molecular formula is C21H25N5O3. The summed E-state index contributed by atoms with van der Waals surface area (Å²) >= 11 is 0. The molecule has 3 heterocycles. The number of likely N-dealkylation sites (tertiary alicyclic amines) is 1. The molecule has 0 atom stereocenters. The van der Waals surface area contributed by atoms with Gasteiger partial charge in [-0.3, -0.25) is 19.3 Å². The molecule has 1 aromatic heterocycles. The van der Waals surface area contributed by atoms with Crippen molar-refractivity contribution >= 4 is 23.4 Å². The number of fused-ring (bicyclic) bond motifs is 1. The van der Waals surface area contributed by atoms with Gasteiger partial charge in [0, 0.05) is 50.0 Å². The highest BCUT2D eigenvalue weighted by Gasteiger charge is 2.28. The highest BCUT2D eigenvalue weighted by atomic mass is 16.2. The monoisotopic (exact) mass is 395 g/mol. The summed E-state index contributed by atoms with van der Waals surface area (Å²) in [7, 11) is 0. The number of aromatic nitrogens is 3. The third-order valence-corrected chi connectivity index (χ3v) is 5.60. The van der Waals surface area contributed by atoms with Gasteiger partial charge >= 0.3 is 0 Å². The number of amides is 3. The first-order valence-corrected chi connectivity index (χ1v) is 10.2. The van der Waals surface area contributed by atoms with Crippen molar-refractivity contribution in [1.82, 2.24) is 19.7 Å². The third-order valence-electron chi connectivity index (χ3n) is 5.60. The first kappa shape index (κ1) is 19.3. The Morgan fingerprint density at radius 2 is 1.86 bits per heavy atom. The number of rotatable bonds is 5. The Labute approximate surface area is 169 Å². The minimum Gasteiger partial charge on any atom is -0.326 e. The summed E-state index contributed by atoms with van der Waals surface area (Å²) < 4.78 is 2.17. The lowest BCUT2D eigenvalue weighted by atomic mass is 10.1. The molecule has 0 bridgehead atoms. The molecule has 0 unspecified atom stereocenters. The smallest absolute Gasteiger partial charge is 0.229 e. The standard InChI is InChI=1S/C21H25N5O3/c1-14-6-7-15(21-24-23-17-5-3-2-4-11-25(17)21)13-16(14)22-18(27)10-12-26-19(28)8-9-20(26)29/h6-7,13H,2-5,8-12H2,1H3,(H,22,27). The van der Waals surface area contributed by atoms with E-state index in [0.29, 0.717) is 5.69 Å². The lowest BCUT2D eigenvalue weighted by Crippen LogP contribution is -2.32. The van der Waals surface area contributed by atoms with Crippen LogP contribution in [0.3, 0.4) is 0 Å². The van der Waals surface area contributed by atoms with Crippen LogP contribution in [0.4, 0.5) is 5.69 Å². The number of carbonyl (C=O) groups is 3. The third kappa shape index (κ3) is 4.06. The summed E-state index contributed by atoms with van der Waals surface area (Å²) in [6.07, 6.45) is 4.95. The van der Waals surface area contributed by atoms with Crippen LogP contribution in [0.2, 0.25) is 0 Å². The number of benzene rings is 1. The maximum Gasteiger partial charge on any atom is 0.229 e. The second-order valence-electron chi connectivity index (χ2n) is 7.67. The van der Waals surface area contributed by atoms with Crippen molar-refractivity contribution in [3.8, 4) is 11.4 Å². The lowest BCUT2D eigenvalue weighted by Gasteiger charge is -2.15. The molecule has 0 spiro atoms. The number of aryl methyl sites for hydroxylation is 2. The summed E-state index contributed by atoms with van der Waals surface area (Å²) in [6, 6.07) is 5.87. The first-order chi connectivity index (χ1) is 14.0. The second-order valence-corrected chi connectivity index (χ2v) is 7.67. The molecule has 3 amide bonds. The highest BCUT2D eigenvalue weighted by molar-refractivity contribution is 6.02. The number of imide groups is 1. The van der Waals surface area contributed by atoms with E-state index in [9.17, 15) is 14.4 Å². The Morgan fingerprint density at radius 3 is 2.66 bits per heavy atom. The predicted molar refractivity (Wildman–Crippen MR) is 107 cm³/mol. The quantitative estimate of drug-likeness (QED) is 0.785. The van der Waals surface area contributed by atoms with E-state index in [1.165, 1.54) is 11.3 Å². The molecule has 152 valence electrons. The van der Waals surface area contributed by atoms with Crippen molar-refractivity contribution in [3.63, 3.8) is 0 Å². The van der Waals surface area contributed by atoms with Crippen LogP contribution in [0.5, 0.6) is 0 Å². The molecule has 1 fully saturated rings. The highest BCUT2D eigenvalue weighted by Crippen LogP contribution is 2.27. The summed E-state index contributed by atoms with van der Waals surface area (Å²) in [5, 5.41) is 11.6. The summed E-state index contributed by atoms with van der Waals surface area (Å²) in [5.74, 6) is 1.22. The molecule has 29 heavy (non-hydrogen) atoms. The van der Waals surface area contributed by atoms with Crippen molar-refractivity contribution in [1.29, 1.82) is 0 Å². The van der Waals surface area contributed by atoms with Gasteiger partial charge in [-0.15, -0.1) is 10.2 Å². The Hall–Kier alpha value is -3.03. The van der Waals surface area contributed by atoms with Crippen molar-refractivity contribution in [2.45, 2.75) is 58.4 Å². The Morgan fingerprint density at radius 1 is 1.07 bits per heavy atom. The fraction of sp³-hybridized carbons (Fsp3) is 0.476. The first-order valence-electron chi connectivity index (χ1n) is 10.2. The molecule has 0 aliphatic carbocycles. The number of nitrogens with one attached hydrogen (secondary N) is 1. The van der Waals surface area contributed by atoms with Gasteiger partial charge in [-0.25, -0.2) is 0 Å². The van der Waals surface area contributed by atoms with E-state index < -0.39 is 0 Å². The maximum absolute atomic E-state index is 12.4. The van der Waals surface area contributed by atoms with E-state index in [1.54, 1.807) is 0 Å². The fourth-order valence-electron chi connectivity index (χ4n) is 3.89. The van der Waals surface area contributed by atoms with E-state index in [1.807, 2.05) is 25.1 Å². The van der Waals surface area contributed by atoms with Crippen LogP contribution < -0.4 is 5.32 Å². The molecule has 1 saturated heterocycles. The van der Waals surface area contributed by atoms with Crippen LogP contribution >= 0.6 is 0 Å². The van der Waals surface area contributed by atoms with E-state index in [0.717, 1.165) is 48.6 Å². The van der Waals surface area contributed by atoms with Crippen LogP contribution in [-0.4, -0.2) is 43.9 Å². The van der Waals surface area contributed by atoms with Crippen LogP contribution in [0.15, 0.2) is 18.2 Å². The summed E-state index contributed by atoms with van der Waals surface area (Å²) in [4.78, 5) is 37.0. The second kappa shape index (κ2) is 8.14. The van der Waals surface area contributed by atoms with Gasteiger partial charge < -0.3 is 9.88 Å². The van der Waals surface area contributed by atoms with Crippen LogP contribution in [0.25, 0.3) is 11.4 Å². The fourth-order valence-corrected chi connectivity index (χ4v) is 3.89. The average molecular weight is 395 g/mol. The zero-order valence-electron chi connectivity index (χ0n) is 16.6. The molecule has 0 saturated carbocycles. The predicted octanol–water partition coefficient (Wildman–Crippen LogP) is 2.46. The molecule has 1 aromatic carbocycles. The molecular weight excluding hydrogens is 370 g/mol. The van der Waals surface area contributed by atoms with Crippen molar-refractivity contribution in [2.75, 3.05) is 11.9 Å². The number of anilines is 1. The van der Waals surface area contributed by atoms with Gasteiger partial charge in [0.15, 0.2) is 5.82 Å². The summed E-state index contributed by atoms with van der Waals surface area (Å²) in [5.41, 5.74) is 2.56. The molecule has 2 aromatic rings. The van der Waals surface area contributed by atoms with Gasteiger partial charge in [-0.1, -0.05) is 18.6 Å². The van der Waals surface area contributed by atoms with Gasteiger partial charge in [0.05, 0.1) is 0 Å². The van der Waals surface area contributed by atoms with E-state index in [2.05, 4.69) is 20.1 Å². The van der Waals surface area contributed by atoms with Gasteiger partial charge in [-0.2, -0.15) is 0 Å². The van der Waals surface area contributed by atoms with Crippen LogP contribution in [-0.2, 0) is 27.3 Å². The zero-order valence-corrected chi connectivity index (χ0v) is 16.6. The average Bonchev–Trinajstić information content (AvgIpc) is 3.15. The SMILES string of the molecule is Cc1ccc(-c2nnc3n2CCCCC3)cc1NC(=O)CCN1C(=O)CCC1=O. The van der Waals surface area contributed by atoms with E-state index in [-0.39, 0.29) is 43.5 Å². The van der Waals surface area contributed by atoms with Gasteiger partial charge in [0.25, 0.3) is 0 Å². The molecule has 8 nitrogen and oxygen atoms in total. The molecule has 1 N–H and O–H groups in total.